The third-order valence-corrected chi connectivity index (χ3v) is 7.52. The largest absolute Gasteiger partial charge is 0.382 e. The quantitative estimate of drug-likeness (QED) is 0.508. The lowest BCUT2D eigenvalue weighted by Crippen LogP contribution is -2.58. The van der Waals surface area contributed by atoms with Gasteiger partial charge in [0, 0.05) is 50.9 Å². The first-order valence-electron chi connectivity index (χ1n) is 12.5. The lowest BCUT2D eigenvalue weighted by Gasteiger charge is -2.47. The fraction of sp³-hybridized carbons (Fsp3) is 0.520. The number of primary amides is 1. The van der Waals surface area contributed by atoms with Gasteiger partial charge in [0.1, 0.15) is 0 Å². The van der Waals surface area contributed by atoms with Crippen molar-refractivity contribution >= 4 is 35.1 Å². The number of anilines is 2. The minimum Gasteiger partial charge on any atom is -0.382 e. The Bertz CT molecular complexity index is 1090. The Kier molecular flexibility index (Phi) is 8.28. The number of aromatic nitrogens is 2. The zero-order chi connectivity index (χ0) is 25.8. The van der Waals surface area contributed by atoms with Gasteiger partial charge in [-0.2, -0.15) is 0 Å². The zero-order valence-corrected chi connectivity index (χ0v) is 21.7. The second-order valence-electron chi connectivity index (χ2n) is 9.47. The molecule has 10 nitrogen and oxygen atoms in total. The molecule has 1 aromatic carbocycles. The third-order valence-electron chi connectivity index (χ3n) is 7.27. The summed E-state index contributed by atoms with van der Waals surface area (Å²) in [4.78, 5) is 38.9. The zero-order valence-electron chi connectivity index (χ0n) is 20.9. The van der Waals surface area contributed by atoms with Gasteiger partial charge in [-0.25, -0.2) is 9.97 Å². The van der Waals surface area contributed by atoms with Crippen LogP contribution in [0.4, 0.5) is 11.6 Å². The maximum atomic E-state index is 11.8. The molecule has 0 unspecified atom stereocenters. The lowest BCUT2D eigenvalue weighted by atomic mass is 9.97. The summed E-state index contributed by atoms with van der Waals surface area (Å²) in [5.74, 6) is -0.284. The van der Waals surface area contributed by atoms with Crippen molar-refractivity contribution < 1.29 is 9.59 Å². The van der Waals surface area contributed by atoms with Crippen molar-refractivity contribution in [1.82, 2.24) is 25.1 Å². The third kappa shape index (κ3) is 5.71. The van der Waals surface area contributed by atoms with Crippen molar-refractivity contribution in [2.45, 2.75) is 44.8 Å². The van der Waals surface area contributed by atoms with Crippen LogP contribution in [0.2, 0.25) is 5.15 Å². The van der Waals surface area contributed by atoms with Crippen LogP contribution < -0.4 is 21.7 Å². The van der Waals surface area contributed by atoms with E-state index in [1.807, 2.05) is 24.3 Å². The predicted octanol–water partition coefficient (Wildman–Crippen LogP) is 1.74. The molecule has 0 spiro atoms. The molecular formula is C25H35ClN8O2. The van der Waals surface area contributed by atoms with Crippen LogP contribution in [0.25, 0.3) is 0 Å². The van der Waals surface area contributed by atoms with Crippen LogP contribution in [0.3, 0.4) is 0 Å². The number of hydrogen-bond donors (Lipinski definition) is 3. The van der Waals surface area contributed by atoms with Crippen molar-refractivity contribution in [2.24, 2.45) is 5.73 Å². The smallest absolute Gasteiger partial charge is 0.271 e. The van der Waals surface area contributed by atoms with Crippen LogP contribution >= 0.6 is 11.6 Å². The number of piperidine rings is 1. The second-order valence-corrected chi connectivity index (χ2v) is 9.82. The van der Waals surface area contributed by atoms with E-state index < -0.39 is 5.91 Å². The van der Waals surface area contributed by atoms with E-state index in [0.29, 0.717) is 23.5 Å². The molecule has 2 saturated heterocycles. The topological polar surface area (TPSA) is 134 Å². The minimum absolute atomic E-state index is 0.00743. The molecule has 194 valence electrons. The highest BCUT2D eigenvalue weighted by Gasteiger charge is 2.34. The van der Waals surface area contributed by atoms with Gasteiger partial charge in [-0.05, 0) is 50.0 Å². The van der Waals surface area contributed by atoms with Crippen LogP contribution in [-0.2, 0) is 6.54 Å². The summed E-state index contributed by atoms with van der Waals surface area (Å²) in [6.07, 6.45) is 3.25. The molecule has 0 aliphatic carbocycles. The van der Waals surface area contributed by atoms with Gasteiger partial charge in [-0.3, -0.25) is 19.4 Å². The van der Waals surface area contributed by atoms with Gasteiger partial charge >= 0.3 is 0 Å². The van der Waals surface area contributed by atoms with E-state index in [9.17, 15) is 9.59 Å². The lowest BCUT2D eigenvalue weighted by molar-refractivity contribution is 0.0610. The summed E-state index contributed by atoms with van der Waals surface area (Å²) in [6.45, 7) is 7.63. The number of halogens is 1. The Morgan fingerprint density at radius 1 is 1.11 bits per heavy atom. The van der Waals surface area contributed by atoms with Gasteiger partial charge in [0.2, 0.25) is 0 Å². The van der Waals surface area contributed by atoms with Crippen molar-refractivity contribution in [3.05, 3.63) is 46.2 Å². The first kappa shape index (κ1) is 26.1. The number of nitrogens with two attached hydrogens (primary N) is 2. The maximum Gasteiger partial charge on any atom is 0.271 e. The summed E-state index contributed by atoms with van der Waals surface area (Å²) < 4.78 is 0. The number of nitrogens with one attached hydrogen (secondary N) is 1. The molecule has 2 aromatic rings. The molecule has 5 N–H and O–H groups in total. The van der Waals surface area contributed by atoms with E-state index in [0.717, 1.165) is 58.5 Å². The second kappa shape index (κ2) is 11.4. The first-order chi connectivity index (χ1) is 17.3. The maximum absolute atomic E-state index is 11.8. The van der Waals surface area contributed by atoms with Gasteiger partial charge < -0.3 is 21.7 Å². The Morgan fingerprint density at radius 2 is 1.81 bits per heavy atom. The minimum atomic E-state index is -0.739. The summed E-state index contributed by atoms with van der Waals surface area (Å²) in [7, 11) is 1.64. The van der Waals surface area contributed by atoms with Crippen LogP contribution in [0, 0.1) is 0 Å². The summed E-state index contributed by atoms with van der Waals surface area (Å²) >= 11 is 6.35. The average Bonchev–Trinajstić information content (AvgIpc) is 2.89. The number of carbonyl (C=O) groups is 2. The molecule has 11 heteroatoms. The molecule has 1 aromatic heterocycles. The molecule has 0 saturated carbocycles. The number of carbonyl (C=O) groups excluding carboxylic acids is 2. The highest BCUT2D eigenvalue weighted by Crippen LogP contribution is 2.29. The SMILES string of the molecule is CC[C@H]1CN(c2nc(N)c(C(N)=O)nc2Cl)CCN1C1CCN(Cc2ccc(C(=O)NC)cc2)CC1. The molecule has 0 bridgehead atoms. The van der Waals surface area contributed by atoms with Gasteiger partial charge in [-0.1, -0.05) is 30.7 Å². The number of hydrogen-bond acceptors (Lipinski definition) is 8. The van der Waals surface area contributed by atoms with Gasteiger partial charge in [0.15, 0.2) is 22.5 Å². The van der Waals surface area contributed by atoms with Crippen LogP contribution in [-0.4, -0.2) is 83.4 Å². The molecule has 4 rings (SSSR count). The highest BCUT2D eigenvalue weighted by molar-refractivity contribution is 6.32. The van der Waals surface area contributed by atoms with E-state index in [-0.39, 0.29) is 22.6 Å². The Balaban J connectivity index is 1.33. The monoisotopic (exact) mass is 514 g/mol. The molecule has 0 radical (unpaired) electrons. The molecule has 1 atom stereocenters. The van der Waals surface area contributed by atoms with Crippen LogP contribution in [0.1, 0.15) is 52.6 Å². The predicted molar refractivity (Wildman–Crippen MR) is 141 cm³/mol. The highest BCUT2D eigenvalue weighted by atomic mass is 35.5. The Labute approximate surface area is 217 Å². The fourth-order valence-electron chi connectivity index (χ4n) is 5.28. The standard InChI is InChI=1S/C25H35ClN8O2/c1-3-18-15-33(24-21(26)30-20(23(28)35)22(27)31-24)12-13-34(18)19-8-10-32(11-9-19)14-16-4-6-17(7-5-16)25(36)29-2/h4-7,18-19H,3,8-15H2,1-2H3,(H2,27,31)(H2,28,35)(H,29,36)/t18-/m0/s1. The number of nitrogen functional groups attached to an aromatic ring is 1. The average molecular weight is 515 g/mol. The van der Waals surface area contributed by atoms with E-state index in [2.05, 4.69) is 36.9 Å². The molecule has 2 amide bonds. The normalized spacial score (nSPS) is 19.9. The molecule has 2 fully saturated rings. The van der Waals surface area contributed by atoms with Crippen molar-refractivity contribution in [3.8, 4) is 0 Å². The van der Waals surface area contributed by atoms with Gasteiger partial charge in [0.05, 0.1) is 0 Å². The molecule has 2 aliphatic rings. The van der Waals surface area contributed by atoms with Crippen LogP contribution in [0.15, 0.2) is 24.3 Å². The first-order valence-corrected chi connectivity index (χ1v) is 12.8. The molecular weight excluding hydrogens is 480 g/mol. The van der Waals surface area contributed by atoms with E-state index >= 15 is 0 Å². The van der Waals surface area contributed by atoms with Crippen LogP contribution in [0.5, 0.6) is 0 Å². The number of nitrogens with zero attached hydrogens (tertiary/aromatic N) is 5. The summed E-state index contributed by atoms with van der Waals surface area (Å²) in [5.41, 5.74) is 13.0. The van der Waals surface area contributed by atoms with Crippen molar-refractivity contribution in [3.63, 3.8) is 0 Å². The number of likely N-dealkylation sites (tertiary alicyclic amines) is 1. The van der Waals surface area contributed by atoms with Gasteiger partial charge in [-0.15, -0.1) is 0 Å². The van der Waals surface area contributed by atoms with E-state index in [1.165, 1.54) is 5.56 Å². The Hall–Kier alpha value is -2.95. The molecule has 36 heavy (non-hydrogen) atoms. The number of rotatable bonds is 7. The van der Waals surface area contributed by atoms with Crippen molar-refractivity contribution in [2.75, 3.05) is 50.4 Å². The Morgan fingerprint density at radius 3 is 2.42 bits per heavy atom. The van der Waals surface area contributed by atoms with Crippen molar-refractivity contribution in [1.29, 1.82) is 0 Å². The summed E-state index contributed by atoms with van der Waals surface area (Å²) in [6, 6.07) is 8.75. The number of piperazine rings is 1. The molecule has 3 heterocycles. The summed E-state index contributed by atoms with van der Waals surface area (Å²) in [5, 5.41) is 2.81. The number of amides is 2. The number of benzene rings is 1. The fourth-order valence-corrected chi connectivity index (χ4v) is 5.53. The molecule has 2 aliphatic heterocycles. The van der Waals surface area contributed by atoms with Gasteiger partial charge in [0.25, 0.3) is 11.8 Å². The van der Waals surface area contributed by atoms with E-state index in [1.54, 1.807) is 7.05 Å². The van der Waals surface area contributed by atoms with E-state index in [4.69, 9.17) is 23.1 Å².